The van der Waals surface area contributed by atoms with Gasteiger partial charge in [0.05, 0.1) is 12.8 Å². The first-order chi connectivity index (χ1) is 14.1. The molecule has 1 saturated heterocycles. The third kappa shape index (κ3) is 4.26. The predicted molar refractivity (Wildman–Crippen MR) is 101 cm³/mol. The first kappa shape index (κ1) is 18.7. The van der Waals surface area contributed by atoms with E-state index in [1.165, 1.54) is 12.1 Å². The molecule has 0 saturated carbocycles. The molecule has 0 spiro atoms. The van der Waals surface area contributed by atoms with Crippen molar-refractivity contribution in [3.05, 3.63) is 69.8 Å². The molecule has 150 valence electrons. The second-order valence-electron chi connectivity index (χ2n) is 6.84. The molecular formula is C19H20N6O4. The maximum atomic E-state index is 12.5. The molecule has 4 rings (SSSR count). The average Bonchev–Trinajstić information content (AvgIpc) is 3.44. The average molecular weight is 396 g/mol. The molecule has 3 aromatic heterocycles. The van der Waals surface area contributed by atoms with Crippen LogP contribution in [-0.2, 0) is 6.54 Å². The fraction of sp³-hybridized carbons (Fsp3) is 0.316. The van der Waals surface area contributed by atoms with E-state index in [1.54, 1.807) is 29.4 Å². The van der Waals surface area contributed by atoms with E-state index in [2.05, 4.69) is 25.7 Å². The fourth-order valence-electron chi connectivity index (χ4n) is 3.35. The summed E-state index contributed by atoms with van der Waals surface area (Å²) in [6.07, 6.45) is 3.04. The van der Waals surface area contributed by atoms with Gasteiger partial charge in [-0.25, -0.2) is 5.10 Å². The highest BCUT2D eigenvalue weighted by Gasteiger charge is 2.27. The van der Waals surface area contributed by atoms with E-state index < -0.39 is 0 Å². The molecule has 0 radical (unpaired) electrons. The summed E-state index contributed by atoms with van der Waals surface area (Å²) in [5.41, 5.74) is 1.08. The minimum absolute atomic E-state index is 0.182. The van der Waals surface area contributed by atoms with Gasteiger partial charge in [-0.1, -0.05) is 0 Å². The maximum Gasteiger partial charge on any atom is 0.274 e. The molecule has 3 N–H and O–H groups in total. The molecule has 1 fully saturated rings. The summed E-state index contributed by atoms with van der Waals surface area (Å²) in [7, 11) is 0. The molecule has 1 aliphatic rings. The number of H-pyrrole nitrogens is 2. The van der Waals surface area contributed by atoms with E-state index in [9.17, 15) is 14.4 Å². The Morgan fingerprint density at radius 3 is 2.62 bits per heavy atom. The number of rotatable bonds is 5. The molecule has 10 heteroatoms. The van der Waals surface area contributed by atoms with Gasteiger partial charge < -0.3 is 14.6 Å². The Kier molecular flexibility index (Phi) is 5.23. The van der Waals surface area contributed by atoms with E-state index in [0.29, 0.717) is 31.1 Å². The van der Waals surface area contributed by atoms with Crippen LogP contribution in [0.3, 0.4) is 0 Å². The van der Waals surface area contributed by atoms with Crippen LogP contribution in [0.15, 0.2) is 45.8 Å². The van der Waals surface area contributed by atoms with E-state index in [-0.39, 0.29) is 29.0 Å². The third-order valence-corrected chi connectivity index (χ3v) is 4.95. The first-order valence-electron chi connectivity index (χ1n) is 9.31. The number of carbonyl (C=O) groups excluding carboxylic acids is 2. The Balaban J connectivity index is 1.32. The zero-order chi connectivity index (χ0) is 20.2. The van der Waals surface area contributed by atoms with Crippen LogP contribution in [0, 0.1) is 0 Å². The molecule has 3 aromatic rings. The largest absolute Gasteiger partial charge is 0.467 e. The number of carbonyl (C=O) groups is 2. The fourth-order valence-corrected chi connectivity index (χ4v) is 3.35. The van der Waals surface area contributed by atoms with Gasteiger partial charge in [-0.15, -0.1) is 0 Å². The lowest BCUT2D eigenvalue weighted by molar-refractivity contribution is 0.0704. The molecule has 10 nitrogen and oxygen atoms in total. The third-order valence-electron chi connectivity index (χ3n) is 4.95. The summed E-state index contributed by atoms with van der Waals surface area (Å²) in [5, 5.41) is 15.9. The van der Waals surface area contributed by atoms with E-state index in [0.717, 1.165) is 18.5 Å². The van der Waals surface area contributed by atoms with E-state index in [1.807, 2.05) is 0 Å². The summed E-state index contributed by atoms with van der Waals surface area (Å²) in [4.78, 5) is 37.5. The van der Waals surface area contributed by atoms with Crippen molar-refractivity contribution in [2.75, 3.05) is 13.1 Å². The van der Waals surface area contributed by atoms with Gasteiger partial charge in [0, 0.05) is 30.8 Å². The molecule has 0 atom stereocenters. The summed E-state index contributed by atoms with van der Waals surface area (Å²) in [5.74, 6) is 0.368. The van der Waals surface area contributed by atoms with Gasteiger partial charge in [-0.2, -0.15) is 10.2 Å². The van der Waals surface area contributed by atoms with Crippen molar-refractivity contribution in [3.63, 3.8) is 0 Å². The number of nitrogens with one attached hydrogen (secondary N) is 3. The van der Waals surface area contributed by atoms with Crippen LogP contribution < -0.4 is 10.9 Å². The van der Waals surface area contributed by atoms with Crippen molar-refractivity contribution in [1.29, 1.82) is 0 Å². The van der Waals surface area contributed by atoms with Gasteiger partial charge in [0.25, 0.3) is 17.4 Å². The Hall–Kier alpha value is -3.69. The topological polar surface area (TPSA) is 137 Å². The van der Waals surface area contributed by atoms with Crippen molar-refractivity contribution in [2.24, 2.45) is 0 Å². The number of likely N-dealkylation sites (tertiary alicyclic amines) is 1. The highest BCUT2D eigenvalue weighted by atomic mass is 16.3. The summed E-state index contributed by atoms with van der Waals surface area (Å²) in [6, 6.07) is 8.02. The maximum absolute atomic E-state index is 12.5. The minimum Gasteiger partial charge on any atom is -0.467 e. The highest BCUT2D eigenvalue weighted by Crippen LogP contribution is 2.27. The summed E-state index contributed by atoms with van der Waals surface area (Å²) < 4.78 is 5.19. The normalized spacial score (nSPS) is 14.7. The van der Waals surface area contributed by atoms with Crippen molar-refractivity contribution in [1.82, 2.24) is 30.6 Å². The Labute approximate surface area is 165 Å². The lowest BCUT2D eigenvalue weighted by Crippen LogP contribution is -2.38. The second kappa shape index (κ2) is 8.13. The van der Waals surface area contributed by atoms with Gasteiger partial charge in [0.2, 0.25) is 0 Å². The standard InChI is InChI=1S/C19H20N6O4/c26-17-4-3-14(21-24-17)19(28)25-7-5-12(6-8-25)15-10-16(23-22-15)18(27)20-11-13-2-1-9-29-13/h1-4,9-10,12H,5-8,11H2,(H,20,27)(H,22,23)(H,24,26). The number of piperidine rings is 1. The number of amides is 2. The molecule has 2 amide bonds. The van der Waals surface area contributed by atoms with Crippen LogP contribution in [0.2, 0.25) is 0 Å². The Morgan fingerprint density at radius 1 is 1.14 bits per heavy atom. The molecule has 0 unspecified atom stereocenters. The molecule has 4 heterocycles. The zero-order valence-electron chi connectivity index (χ0n) is 15.6. The van der Waals surface area contributed by atoms with Crippen molar-refractivity contribution >= 4 is 11.8 Å². The van der Waals surface area contributed by atoms with Crippen LogP contribution in [0.1, 0.15) is 51.2 Å². The van der Waals surface area contributed by atoms with Gasteiger partial charge in [0.15, 0.2) is 0 Å². The van der Waals surface area contributed by atoms with Crippen molar-refractivity contribution < 1.29 is 14.0 Å². The second-order valence-corrected chi connectivity index (χ2v) is 6.84. The number of aromatic nitrogens is 4. The molecule has 1 aliphatic heterocycles. The molecule has 0 aromatic carbocycles. The number of nitrogens with zero attached hydrogens (tertiary/aromatic N) is 3. The van der Waals surface area contributed by atoms with E-state index >= 15 is 0 Å². The van der Waals surface area contributed by atoms with Gasteiger partial charge in [-0.3, -0.25) is 19.5 Å². The van der Waals surface area contributed by atoms with Crippen LogP contribution in [0.4, 0.5) is 0 Å². The van der Waals surface area contributed by atoms with Crippen LogP contribution in [0.25, 0.3) is 0 Å². The summed E-state index contributed by atoms with van der Waals surface area (Å²) >= 11 is 0. The predicted octanol–water partition coefficient (Wildman–Crippen LogP) is 1.04. The highest BCUT2D eigenvalue weighted by molar-refractivity contribution is 5.92. The lowest BCUT2D eigenvalue weighted by atomic mass is 9.93. The van der Waals surface area contributed by atoms with Gasteiger partial charge >= 0.3 is 0 Å². The van der Waals surface area contributed by atoms with Gasteiger partial charge in [-0.05, 0) is 37.1 Å². The molecule has 0 bridgehead atoms. The molecule has 29 heavy (non-hydrogen) atoms. The quantitative estimate of drug-likeness (QED) is 0.589. The van der Waals surface area contributed by atoms with Crippen LogP contribution in [0.5, 0.6) is 0 Å². The number of aromatic amines is 2. The Bertz CT molecular complexity index is 1030. The monoisotopic (exact) mass is 396 g/mol. The first-order valence-corrected chi connectivity index (χ1v) is 9.31. The van der Waals surface area contributed by atoms with Crippen LogP contribution in [-0.4, -0.2) is 50.2 Å². The number of furan rings is 1. The van der Waals surface area contributed by atoms with Gasteiger partial charge in [0.1, 0.15) is 17.1 Å². The van der Waals surface area contributed by atoms with Crippen molar-refractivity contribution in [2.45, 2.75) is 25.3 Å². The smallest absolute Gasteiger partial charge is 0.274 e. The van der Waals surface area contributed by atoms with E-state index in [4.69, 9.17) is 4.42 Å². The molecular weight excluding hydrogens is 376 g/mol. The summed E-state index contributed by atoms with van der Waals surface area (Å²) in [6.45, 7) is 1.42. The minimum atomic E-state index is -0.344. The van der Waals surface area contributed by atoms with Crippen LogP contribution >= 0.6 is 0 Å². The molecule has 0 aliphatic carbocycles. The number of hydrogen-bond donors (Lipinski definition) is 3. The number of hydrogen-bond acceptors (Lipinski definition) is 6. The lowest BCUT2D eigenvalue weighted by Gasteiger charge is -2.31. The Morgan fingerprint density at radius 2 is 1.93 bits per heavy atom. The SMILES string of the molecule is O=C(NCc1ccco1)c1cc(C2CCN(C(=O)c3ccc(=O)[nH]n3)CC2)[nH]n1. The van der Waals surface area contributed by atoms with Crippen molar-refractivity contribution in [3.8, 4) is 0 Å². The zero-order valence-corrected chi connectivity index (χ0v) is 15.6.